The number of nitrogen functional groups attached to an aromatic ring is 1. The molecule has 0 radical (unpaired) electrons. The molecule has 0 fully saturated rings. The van der Waals surface area contributed by atoms with Crippen LogP contribution in [0.2, 0.25) is 0 Å². The number of nitrogens with one attached hydrogen (secondary N) is 1. The Kier molecular flexibility index (Phi) is 6.55. The number of nitrogens with zero attached hydrogens (tertiary/aromatic N) is 1. The lowest BCUT2D eigenvalue weighted by Gasteiger charge is -2.20. The van der Waals surface area contributed by atoms with Crippen molar-refractivity contribution >= 4 is 11.6 Å². The second kappa shape index (κ2) is 7.93. The number of carbonyl (C=O) groups excluding carboxylic acids is 1. The highest BCUT2D eigenvalue weighted by Crippen LogP contribution is 2.16. The van der Waals surface area contributed by atoms with Crippen molar-refractivity contribution in [3.8, 4) is 0 Å². The van der Waals surface area contributed by atoms with Gasteiger partial charge in [-0.1, -0.05) is 0 Å². The number of carbonyl (C=O) groups is 1. The lowest BCUT2D eigenvalue weighted by Crippen LogP contribution is -2.29. The molecule has 0 aliphatic carbocycles. The maximum absolute atomic E-state index is 13.1. The average molecular weight is 299 g/mol. The zero-order valence-corrected chi connectivity index (χ0v) is 12.7. The van der Waals surface area contributed by atoms with Gasteiger partial charge in [0.05, 0.1) is 5.56 Å². The number of rotatable bonds is 7. The summed E-state index contributed by atoms with van der Waals surface area (Å²) in [5.41, 5.74) is 5.42. The molecule has 4 nitrogen and oxygen atoms in total. The van der Waals surface area contributed by atoms with Gasteiger partial charge < -0.3 is 16.0 Å². The van der Waals surface area contributed by atoms with Crippen LogP contribution in [-0.4, -0.2) is 37.0 Å². The molecule has 0 saturated heterocycles. The fourth-order valence-corrected chi connectivity index (χ4v) is 1.80. The van der Waals surface area contributed by atoms with Crippen molar-refractivity contribution in [1.82, 2.24) is 10.2 Å². The molecule has 1 amide bonds. The molecule has 0 aliphatic heterocycles. The van der Waals surface area contributed by atoms with E-state index in [-0.39, 0.29) is 11.3 Å². The molecule has 6 heteroatoms. The molecular formula is C15H23F2N3O. The molecule has 1 aromatic rings. The highest BCUT2D eigenvalue weighted by molar-refractivity contribution is 5.99. The van der Waals surface area contributed by atoms with Crippen LogP contribution in [0.3, 0.4) is 0 Å². The second-order valence-electron chi connectivity index (χ2n) is 5.39. The zero-order chi connectivity index (χ0) is 16.0. The van der Waals surface area contributed by atoms with E-state index in [1.165, 1.54) is 0 Å². The van der Waals surface area contributed by atoms with Crippen LogP contribution in [-0.2, 0) is 0 Å². The van der Waals surface area contributed by atoms with Crippen LogP contribution in [0.1, 0.15) is 37.0 Å². The van der Waals surface area contributed by atoms with Crippen molar-refractivity contribution in [1.29, 1.82) is 0 Å². The summed E-state index contributed by atoms with van der Waals surface area (Å²) < 4.78 is 26.0. The monoisotopic (exact) mass is 299 g/mol. The Morgan fingerprint density at radius 2 is 1.90 bits per heavy atom. The van der Waals surface area contributed by atoms with Gasteiger partial charge in [-0.15, -0.1) is 0 Å². The molecule has 1 rings (SSSR count). The summed E-state index contributed by atoms with van der Waals surface area (Å²) in [6.45, 7) is 5.66. The minimum absolute atomic E-state index is 0.0341. The predicted octanol–water partition coefficient (Wildman–Crippen LogP) is 2.40. The number of hydrogen-bond acceptors (Lipinski definition) is 3. The van der Waals surface area contributed by atoms with Crippen LogP contribution in [0.4, 0.5) is 14.5 Å². The van der Waals surface area contributed by atoms with Crippen molar-refractivity contribution < 1.29 is 13.6 Å². The molecule has 1 aromatic carbocycles. The summed E-state index contributed by atoms with van der Waals surface area (Å²) in [4.78, 5) is 14.1. The minimum Gasteiger partial charge on any atom is -0.398 e. The molecule has 0 bridgehead atoms. The predicted molar refractivity (Wildman–Crippen MR) is 80.1 cm³/mol. The summed E-state index contributed by atoms with van der Waals surface area (Å²) in [5.74, 6) is -2.61. The summed E-state index contributed by atoms with van der Waals surface area (Å²) >= 11 is 0. The Hall–Kier alpha value is -1.69. The molecule has 0 heterocycles. The van der Waals surface area contributed by atoms with Crippen LogP contribution in [0.5, 0.6) is 0 Å². The van der Waals surface area contributed by atoms with E-state index < -0.39 is 17.5 Å². The molecule has 0 atom stereocenters. The number of hydrogen-bond donors (Lipinski definition) is 2. The molecular weight excluding hydrogens is 276 g/mol. The Labute approximate surface area is 124 Å². The normalized spacial score (nSPS) is 11.2. The van der Waals surface area contributed by atoms with Crippen LogP contribution in [0, 0.1) is 11.6 Å². The quantitative estimate of drug-likeness (QED) is 0.600. The summed E-state index contributed by atoms with van der Waals surface area (Å²) in [6.07, 6.45) is 1.76. The maximum Gasteiger partial charge on any atom is 0.253 e. The third-order valence-corrected chi connectivity index (χ3v) is 3.44. The van der Waals surface area contributed by atoms with Gasteiger partial charge in [0.25, 0.3) is 5.91 Å². The smallest absolute Gasteiger partial charge is 0.253 e. The highest BCUT2D eigenvalue weighted by Gasteiger charge is 2.13. The van der Waals surface area contributed by atoms with E-state index in [1.807, 2.05) is 7.05 Å². The largest absolute Gasteiger partial charge is 0.398 e. The van der Waals surface area contributed by atoms with Gasteiger partial charge in [-0.05, 0) is 46.3 Å². The summed E-state index contributed by atoms with van der Waals surface area (Å²) in [5, 5.41) is 2.66. The molecule has 0 aliphatic rings. The van der Waals surface area contributed by atoms with E-state index in [0.717, 1.165) is 31.5 Å². The van der Waals surface area contributed by atoms with Crippen LogP contribution in [0.15, 0.2) is 12.1 Å². The van der Waals surface area contributed by atoms with Gasteiger partial charge in [-0.2, -0.15) is 0 Å². The SMILES string of the molecule is CC(C)N(C)CCCCNC(=O)c1cc(F)c(F)cc1N. The Balaban J connectivity index is 2.40. The first kappa shape index (κ1) is 17.4. The fraction of sp³-hybridized carbons (Fsp3) is 0.533. The second-order valence-corrected chi connectivity index (χ2v) is 5.39. The molecule has 3 N–H and O–H groups in total. The lowest BCUT2D eigenvalue weighted by atomic mass is 10.1. The van der Waals surface area contributed by atoms with Gasteiger partial charge in [-0.3, -0.25) is 4.79 Å². The van der Waals surface area contributed by atoms with Crippen LogP contribution in [0.25, 0.3) is 0 Å². The van der Waals surface area contributed by atoms with Crippen molar-refractivity contribution in [2.75, 3.05) is 25.9 Å². The summed E-state index contributed by atoms with van der Waals surface area (Å²) in [7, 11) is 2.05. The third kappa shape index (κ3) is 5.30. The molecule has 0 spiro atoms. The van der Waals surface area contributed by atoms with Crippen molar-refractivity contribution in [2.45, 2.75) is 32.7 Å². The van der Waals surface area contributed by atoms with Crippen molar-refractivity contribution in [2.24, 2.45) is 0 Å². The fourth-order valence-electron chi connectivity index (χ4n) is 1.80. The van der Waals surface area contributed by atoms with E-state index in [0.29, 0.717) is 12.6 Å². The van der Waals surface area contributed by atoms with E-state index in [2.05, 4.69) is 24.1 Å². The summed E-state index contributed by atoms with van der Waals surface area (Å²) in [6, 6.07) is 2.13. The third-order valence-electron chi connectivity index (χ3n) is 3.44. The number of nitrogens with two attached hydrogens (primary N) is 1. The maximum atomic E-state index is 13.1. The first-order valence-electron chi connectivity index (χ1n) is 7.06. The van der Waals surface area contributed by atoms with Gasteiger partial charge in [-0.25, -0.2) is 8.78 Å². The van der Waals surface area contributed by atoms with E-state index >= 15 is 0 Å². The lowest BCUT2D eigenvalue weighted by molar-refractivity contribution is 0.0953. The molecule has 0 unspecified atom stereocenters. The first-order valence-corrected chi connectivity index (χ1v) is 7.06. The van der Waals surface area contributed by atoms with Crippen molar-refractivity contribution in [3.63, 3.8) is 0 Å². The minimum atomic E-state index is -1.08. The molecule has 118 valence electrons. The van der Waals surface area contributed by atoms with Crippen LogP contribution < -0.4 is 11.1 Å². The zero-order valence-electron chi connectivity index (χ0n) is 12.7. The average Bonchev–Trinajstić information content (AvgIpc) is 2.41. The molecule has 0 aromatic heterocycles. The van der Waals surface area contributed by atoms with E-state index in [1.54, 1.807) is 0 Å². The van der Waals surface area contributed by atoms with Gasteiger partial charge in [0.2, 0.25) is 0 Å². The Morgan fingerprint density at radius 1 is 1.29 bits per heavy atom. The highest BCUT2D eigenvalue weighted by atomic mass is 19.2. The standard InChI is InChI=1S/C15H23F2N3O/c1-10(2)20(3)7-5-4-6-19-15(21)11-8-12(16)13(17)9-14(11)18/h8-10H,4-7,18H2,1-3H3,(H,19,21). The number of unbranched alkanes of at least 4 members (excludes halogenated alkanes) is 1. The Bertz CT molecular complexity index is 492. The van der Waals surface area contributed by atoms with Gasteiger partial charge >= 0.3 is 0 Å². The van der Waals surface area contributed by atoms with E-state index in [4.69, 9.17) is 5.73 Å². The molecule has 0 saturated carbocycles. The van der Waals surface area contributed by atoms with Gasteiger partial charge in [0.1, 0.15) is 0 Å². The number of anilines is 1. The topological polar surface area (TPSA) is 58.4 Å². The van der Waals surface area contributed by atoms with E-state index in [9.17, 15) is 13.6 Å². The number of halogens is 2. The van der Waals surface area contributed by atoms with Gasteiger partial charge in [0.15, 0.2) is 11.6 Å². The van der Waals surface area contributed by atoms with Crippen LogP contribution >= 0.6 is 0 Å². The van der Waals surface area contributed by atoms with Gasteiger partial charge in [0, 0.05) is 24.3 Å². The number of benzene rings is 1. The Morgan fingerprint density at radius 3 is 2.52 bits per heavy atom. The molecule has 21 heavy (non-hydrogen) atoms. The number of amides is 1. The first-order chi connectivity index (χ1) is 9.82. The van der Waals surface area contributed by atoms with Crippen molar-refractivity contribution in [3.05, 3.63) is 29.3 Å².